The van der Waals surface area contributed by atoms with E-state index in [1.807, 2.05) is 0 Å². The van der Waals surface area contributed by atoms with E-state index in [1.165, 1.54) is 12.1 Å². The number of benzene rings is 2. The number of anilines is 1. The Morgan fingerprint density at radius 1 is 1.14 bits per heavy atom. The van der Waals surface area contributed by atoms with Gasteiger partial charge in [0.25, 0.3) is 0 Å². The molecule has 29 heavy (non-hydrogen) atoms. The quantitative estimate of drug-likeness (QED) is 0.559. The molecule has 1 N–H and O–H groups in total. The van der Waals surface area contributed by atoms with Gasteiger partial charge in [0.05, 0.1) is 12.0 Å². The monoisotopic (exact) mass is 419 g/mol. The molecule has 3 rings (SSSR count). The summed E-state index contributed by atoms with van der Waals surface area (Å²) < 4.78 is 47.7. The minimum Gasteiger partial charge on any atom is -0.497 e. The van der Waals surface area contributed by atoms with Crippen molar-refractivity contribution in [1.29, 1.82) is 0 Å². The minimum atomic E-state index is -3.74. The lowest BCUT2D eigenvalue weighted by Gasteiger charge is -2.05. The van der Waals surface area contributed by atoms with Crippen molar-refractivity contribution in [3.05, 3.63) is 66.1 Å². The first-order valence-electron chi connectivity index (χ1n) is 8.59. The maximum Gasteiger partial charge on any atom is 0.227 e. The van der Waals surface area contributed by atoms with Crippen LogP contribution in [0.1, 0.15) is 18.1 Å². The second-order valence-corrected chi connectivity index (χ2v) is 8.08. The van der Waals surface area contributed by atoms with Crippen molar-refractivity contribution in [2.24, 2.45) is 0 Å². The van der Waals surface area contributed by atoms with Crippen LogP contribution in [-0.4, -0.2) is 31.6 Å². The lowest BCUT2D eigenvalue weighted by molar-refractivity contribution is -0.116. The van der Waals surface area contributed by atoms with Crippen molar-refractivity contribution in [2.75, 3.05) is 12.4 Å². The predicted molar refractivity (Wildman–Crippen MR) is 102 cm³/mol. The molecule has 0 saturated heterocycles. The summed E-state index contributed by atoms with van der Waals surface area (Å²) in [6, 6.07) is 11.4. The lowest BCUT2D eigenvalue weighted by atomic mass is 10.2. The van der Waals surface area contributed by atoms with Crippen molar-refractivity contribution in [3.8, 4) is 5.75 Å². The van der Waals surface area contributed by atoms with E-state index < -0.39 is 21.4 Å². The van der Waals surface area contributed by atoms with Crippen LogP contribution in [-0.2, 0) is 26.8 Å². The van der Waals surface area contributed by atoms with Crippen LogP contribution in [0, 0.1) is 5.82 Å². The highest BCUT2D eigenvalue weighted by atomic mass is 32.2. The number of hydrogen-bond acceptors (Lipinski definition) is 7. The smallest absolute Gasteiger partial charge is 0.227 e. The Labute approximate surface area is 166 Å². The molecular weight excluding hydrogens is 401 g/mol. The molecule has 1 aromatic heterocycles. The van der Waals surface area contributed by atoms with Gasteiger partial charge in [0.1, 0.15) is 17.3 Å². The van der Waals surface area contributed by atoms with Crippen LogP contribution in [0.4, 0.5) is 10.1 Å². The summed E-state index contributed by atoms with van der Waals surface area (Å²) in [6.45, 7) is 0. The average Bonchev–Trinajstić information content (AvgIpc) is 3.14. The number of nitrogens with zero attached hydrogens (tertiary/aromatic N) is 2. The zero-order valence-corrected chi connectivity index (χ0v) is 16.3. The second kappa shape index (κ2) is 8.82. The molecule has 0 aliphatic heterocycles. The fraction of sp³-hybridized carbons (Fsp3) is 0.211. The van der Waals surface area contributed by atoms with E-state index in [-0.39, 0.29) is 35.4 Å². The van der Waals surface area contributed by atoms with Crippen molar-refractivity contribution in [3.63, 3.8) is 0 Å². The molecule has 1 heterocycles. The van der Waals surface area contributed by atoms with Crippen molar-refractivity contribution < 1.29 is 26.9 Å². The molecular formula is C19H18FN3O5S. The average molecular weight is 419 g/mol. The molecule has 0 spiro atoms. The van der Waals surface area contributed by atoms with Gasteiger partial charge >= 0.3 is 0 Å². The third-order valence-electron chi connectivity index (χ3n) is 3.94. The molecule has 0 atom stereocenters. The van der Waals surface area contributed by atoms with Gasteiger partial charge in [-0.3, -0.25) is 4.79 Å². The number of methoxy groups -OCH3 is 1. The van der Waals surface area contributed by atoms with Crippen molar-refractivity contribution >= 4 is 21.4 Å². The summed E-state index contributed by atoms with van der Waals surface area (Å²) in [6.07, 6.45) is 0.240. The second-order valence-electron chi connectivity index (χ2n) is 6.09. The Bertz CT molecular complexity index is 1080. The number of sulfone groups is 1. The van der Waals surface area contributed by atoms with Gasteiger partial charge < -0.3 is 14.6 Å². The number of carbonyl (C=O) groups is 1. The first-order valence-corrected chi connectivity index (χ1v) is 10.2. The predicted octanol–water partition coefficient (Wildman–Crippen LogP) is 2.76. The van der Waals surface area contributed by atoms with Gasteiger partial charge in [-0.2, -0.15) is 4.98 Å². The summed E-state index contributed by atoms with van der Waals surface area (Å²) in [7, 11) is -2.18. The number of hydrogen-bond donors (Lipinski definition) is 1. The highest BCUT2D eigenvalue weighted by Gasteiger charge is 2.19. The Hall–Kier alpha value is -3.27. The van der Waals surface area contributed by atoms with Crippen LogP contribution in [0.2, 0.25) is 0 Å². The molecule has 0 radical (unpaired) electrons. The summed E-state index contributed by atoms with van der Waals surface area (Å²) in [5.74, 6) is -0.469. The maximum atomic E-state index is 13.0. The Morgan fingerprint density at radius 3 is 2.48 bits per heavy atom. The van der Waals surface area contributed by atoms with Crippen molar-refractivity contribution in [1.82, 2.24) is 10.1 Å². The zero-order valence-electron chi connectivity index (χ0n) is 15.5. The Morgan fingerprint density at radius 2 is 1.83 bits per heavy atom. The van der Waals surface area contributed by atoms with Crippen LogP contribution < -0.4 is 10.1 Å². The number of nitrogens with one attached hydrogen (secondary N) is 1. The first-order chi connectivity index (χ1) is 13.9. The third-order valence-corrected chi connectivity index (χ3v) is 5.57. The molecule has 8 nitrogen and oxygen atoms in total. The van der Waals surface area contributed by atoms with E-state index in [9.17, 15) is 17.6 Å². The fourth-order valence-electron chi connectivity index (χ4n) is 2.46. The molecule has 0 aliphatic carbocycles. The van der Waals surface area contributed by atoms with Gasteiger partial charge in [0.15, 0.2) is 15.7 Å². The number of ether oxygens (including phenoxy) is 1. The number of aryl methyl sites for hydroxylation is 1. The van der Waals surface area contributed by atoms with E-state index in [2.05, 4.69) is 15.5 Å². The minimum absolute atomic E-state index is 0.0279. The first kappa shape index (κ1) is 20.5. The van der Waals surface area contributed by atoms with Gasteiger partial charge in [-0.05, 0) is 48.5 Å². The summed E-state index contributed by atoms with van der Waals surface area (Å²) >= 11 is 0. The van der Waals surface area contributed by atoms with Gasteiger partial charge in [0, 0.05) is 18.5 Å². The molecule has 0 saturated carbocycles. The molecule has 10 heteroatoms. The number of aromatic nitrogens is 2. The third kappa shape index (κ3) is 5.61. The van der Waals surface area contributed by atoms with E-state index >= 15 is 0 Å². The Balaban J connectivity index is 1.54. The van der Waals surface area contributed by atoms with Crippen LogP contribution in [0.15, 0.2) is 57.9 Å². The number of rotatable bonds is 8. The SMILES string of the molecule is COc1ccc(NC(=O)CCc2nc(CS(=O)(=O)c3ccc(F)cc3)no2)cc1. The standard InChI is InChI=1S/C19H18FN3O5S/c1-27-15-6-4-14(5-7-15)21-18(24)10-11-19-22-17(23-28-19)12-29(25,26)16-8-2-13(20)3-9-16/h2-9H,10-12H2,1H3,(H,21,24). The summed E-state index contributed by atoms with van der Waals surface area (Å²) in [5.41, 5.74) is 0.618. The zero-order chi connectivity index (χ0) is 20.9. The number of amides is 1. The molecule has 0 bridgehead atoms. The highest BCUT2D eigenvalue weighted by Crippen LogP contribution is 2.17. The number of halogens is 1. The van der Waals surface area contributed by atoms with E-state index in [0.29, 0.717) is 11.4 Å². The lowest BCUT2D eigenvalue weighted by Crippen LogP contribution is -2.12. The van der Waals surface area contributed by atoms with Crippen molar-refractivity contribution in [2.45, 2.75) is 23.5 Å². The van der Waals surface area contributed by atoms with Crippen LogP contribution in [0.5, 0.6) is 5.75 Å². The largest absolute Gasteiger partial charge is 0.497 e. The van der Waals surface area contributed by atoms with E-state index in [4.69, 9.17) is 9.26 Å². The Kier molecular flexibility index (Phi) is 6.23. The van der Waals surface area contributed by atoms with E-state index in [1.54, 1.807) is 31.4 Å². The topological polar surface area (TPSA) is 111 Å². The summed E-state index contributed by atoms with van der Waals surface area (Å²) in [5, 5.41) is 6.36. The molecule has 152 valence electrons. The highest BCUT2D eigenvalue weighted by molar-refractivity contribution is 7.90. The normalized spacial score (nSPS) is 11.2. The molecule has 1 amide bonds. The maximum absolute atomic E-state index is 13.0. The molecule has 0 unspecified atom stereocenters. The van der Waals surface area contributed by atoms with Gasteiger partial charge in [0.2, 0.25) is 11.8 Å². The summed E-state index contributed by atoms with van der Waals surface area (Å²) in [4.78, 5) is 16.0. The van der Waals surface area contributed by atoms with Gasteiger partial charge in [-0.25, -0.2) is 12.8 Å². The molecule has 2 aromatic carbocycles. The van der Waals surface area contributed by atoms with Crippen LogP contribution in [0.25, 0.3) is 0 Å². The van der Waals surface area contributed by atoms with E-state index in [0.717, 1.165) is 12.1 Å². The van der Waals surface area contributed by atoms with Gasteiger partial charge in [-0.15, -0.1) is 0 Å². The van der Waals surface area contributed by atoms with Crippen LogP contribution in [0.3, 0.4) is 0 Å². The van der Waals surface area contributed by atoms with Crippen LogP contribution >= 0.6 is 0 Å². The van der Waals surface area contributed by atoms with Gasteiger partial charge in [-0.1, -0.05) is 5.16 Å². The fourth-order valence-corrected chi connectivity index (χ4v) is 3.64. The molecule has 0 aliphatic rings. The molecule has 0 fully saturated rings. The molecule has 3 aromatic rings. The number of carbonyl (C=O) groups excluding carboxylic acids is 1.